The molecule has 22 heavy (non-hydrogen) atoms. The molecule has 0 aliphatic rings. The molecule has 6 heteroatoms. The normalized spacial score (nSPS) is 10.6. The highest BCUT2D eigenvalue weighted by atomic mass is 16.5. The van der Waals surface area contributed by atoms with E-state index in [0.29, 0.717) is 23.7 Å². The summed E-state index contributed by atoms with van der Waals surface area (Å²) in [5.74, 6) is -0.0211. The molecule has 0 fully saturated rings. The van der Waals surface area contributed by atoms with Gasteiger partial charge >= 0.3 is 0 Å². The predicted octanol–water partition coefficient (Wildman–Crippen LogP) is 2.47. The molecule has 3 rings (SSSR count). The zero-order valence-corrected chi connectivity index (χ0v) is 12.0. The number of ether oxygens (including phenoxy) is 1. The van der Waals surface area contributed by atoms with E-state index in [1.165, 1.54) is 10.9 Å². The summed E-state index contributed by atoms with van der Waals surface area (Å²) >= 11 is 0. The van der Waals surface area contributed by atoms with Crippen molar-refractivity contribution < 1.29 is 14.9 Å². The fraction of sp³-hybridized carbons (Fsp3) is 0.125. The third-order valence-corrected chi connectivity index (χ3v) is 3.27. The third-order valence-electron chi connectivity index (χ3n) is 3.27. The van der Waals surface area contributed by atoms with E-state index in [9.17, 15) is 10.2 Å². The Hall–Kier alpha value is -3.02. The molecule has 0 spiro atoms. The highest BCUT2D eigenvalue weighted by Crippen LogP contribution is 2.37. The van der Waals surface area contributed by atoms with Gasteiger partial charge in [-0.3, -0.25) is 0 Å². The van der Waals surface area contributed by atoms with Gasteiger partial charge in [0.1, 0.15) is 12.9 Å². The van der Waals surface area contributed by atoms with E-state index in [-0.39, 0.29) is 11.6 Å². The number of hydrogen-bond acceptors (Lipinski definition) is 5. The Balaban J connectivity index is 1.82. The SMILES string of the molecule is Cn1cc(-c2cc(OCc3ccccc3)ncn2)c(O)c1O. The lowest BCUT2D eigenvalue weighted by atomic mass is 10.2. The van der Waals surface area contributed by atoms with Gasteiger partial charge in [-0.1, -0.05) is 30.3 Å². The zero-order chi connectivity index (χ0) is 15.5. The molecule has 2 aromatic heterocycles. The first kappa shape index (κ1) is 13.9. The van der Waals surface area contributed by atoms with Crippen LogP contribution in [0.15, 0.2) is 48.9 Å². The molecule has 3 aromatic rings. The maximum Gasteiger partial charge on any atom is 0.235 e. The quantitative estimate of drug-likeness (QED) is 0.773. The maximum absolute atomic E-state index is 9.90. The minimum Gasteiger partial charge on any atom is -0.503 e. The maximum atomic E-state index is 9.90. The number of aromatic nitrogens is 3. The predicted molar refractivity (Wildman–Crippen MR) is 80.5 cm³/mol. The molecule has 6 nitrogen and oxygen atoms in total. The lowest BCUT2D eigenvalue weighted by Gasteiger charge is -2.06. The Morgan fingerprint density at radius 1 is 1.14 bits per heavy atom. The van der Waals surface area contributed by atoms with E-state index < -0.39 is 0 Å². The van der Waals surface area contributed by atoms with E-state index in [1.54, 1.807) is 19.3 Å². The Kier molecular flexibility index (Phi) is 3.65. The Labute approximate surface area is 127 Å². The lowest BCUT2D eigenvalue weighted by Crippen LogP contribution is -1.98. The van der Waals surface area contributed by atoms with E-state index in [2.05, 4.69) is 9.97 Å². The average Bonchev–Trinajstić information content (AvgIpc) is 2.82. The van der Waals surface area contributed by atoms with Gasteiger partial charge in [0, 0.05) is 19.3 Å². The lowest BCUT2D eigenvalue weighted by molar-refractivity contribution is 0.293. The summed E-state index contributed by atoms with van der Waals surface area (Å²) in [4.78, 5) is 8.16. The number of aromatic hydroxyl groups is 2. The molecule has 0 saturated carbocycles. The summed E-state index contributed by atoms with van der Waals surface area (Å²) in [6, 6.07) is 11.4. The summed E-state index contributed by atoms with van der Waals surface area (Å²) in [6.45, 7) is 0.392. The van der Waals surface area contributed by atoms with Crippen LogP contribution in [0, 0.1) is 0 Å². The molecule has 0 amide bonds. The Bertz CT molecular complexity index is 785. The van der Waals surface area contributed by atoms with Crippen molar-refractivity contribution in [2.24, 2.45) is 7.05 Å². The minimum atomic E-state index is -0.213. The van der Waals surface area contributed by atoms with E-state index in [1.807, 2.05) is 30.3 Å². The fourth-order valence-corrected chi connectivity index (χ4v) is 2.09. The van der Waals surface area contributed by atoms with Crippen LogP contribution in [0.2, 0.25) is 0 Å². The van der Waals surface area contributed by atoms with Crippen molar-refractivity contribution in [1.82, 2.24) is 14.5 Å². The topological polar surface area (TPSA) is 80.4 Å². The van der Waals surface area contributed by atoms with Crippen LogP contribution in [-0.2, 0) is 13.7 Å². The number of rotatable bonds is 4. The Morgan fingerprint density at radius 2 is 1.91 bits per heavy atom. The number of nitrogens with zero attached hydrogens (tertiary/aromatic N) is 3. The van der Waals surface area contributed by atoms with Crippen LogP contribution in [0.1, 0.15) is 5.56 Å². The van der Waals surface area contributed by atoms with Gasteiger partial charge in [0.05, 0.1) is 11.3 Å². The molecular weight excluding hydrogens is 282 g/mol. The standard InChI is InChI=1S/C16H15N3O3/c1-19-8-12(15(20)16(19)21)13-7-14(18-10-17-13)22-9-11-5-3-2-4-6-11/h2-8,10,20-21H,9H2,1H3. The first-order valence-corrected chi connectivity index (χ1v) is 6.71. The molecule has 0 radical (unpaired) electrons. The second-order valence-electron chi connectivity index (χ2n) is 4.84. The second kappa shape index (κ2) is 5.77. The number of aryl methyl sites for hydroxylation is 1. The molecule has 0 aliphatic heterocycles. The van der Waals surface area contributed by atoms with Crippen molar-refractivity contribution in [1.29, 1.82) is 0 Å². The van der Waals surface area contributed by atoms with Crippen LogP contribution in [0.3, 0.4) is 0 Å². The van der Waals surface area contributed by atoms with Crippen LogP contribution in [-0.4, -0.2) is 24.7 Å². The number of hydrogen-bond donors (Lipinski definition) is 2. The summed E-state index contributed by atoms with van der Waals surface area (Å²) < 4.78 is 7.04. The third kappa shape index (κ3) is 2.71. The van der Waals surface area contributed by atoms with Crippen LogP contribution in [0.5, 0.6) is 17.5 Å². The highest BCUT2D eigenvalue weighted by Gasteiger charge is 2.15. The van der Waals surface area contributed by atoms with Gasteiger partial charge in [-0.05, 0) is 5.56 Å². The van der Waals surface area contributed by atoms with Gasteiger partial charge in [0.25, 0.3) is 0 Å². The first-order valence-electron chi connectivity index (χ1n) is 6.71. The first-order chi connectivity index (χ1) is 10.6. The Morgan fingerprint density at radius 3 is 2.59 bits per heavy atom. The van der Waals surface area contributed by atoms with Gasteiger partial charge < -0.3 is 19.5 Å². The average molecular weight is 297 g/mol. The molecular formula is C16H15N3O3. The minimum absolute atomic E-state index is 0.208. The highest BCUT2D eigenvalue weighted by molar-refractivity contribution is 5.70. The summed E-state index contributed by atoms with van der Waals surface area (Å²) in [7, 11) is 1.63. The van der Waals surface area contributed by atoms with Crippen molar-refractivity contribution >= 4 is 0 Å². The fourth-order valence-electron chi connectivity index (χ4n) is 2.09. The molecule has 2 heterocycles. The molecule has 1 aromatic carbocycles. The molecule has 0 saturated heterocycles. The molecule has 0 aliphatic carbocycles. The summed E-state index contributed by atoms with van der Waals surface area (Å²) in [5.41, 5.74) is 1.93. The van der Waals surface area contributed by atoms with Gasteiger partial charge in [-0.2, -0.15) is 0 Å². The van der Waals surface area contributed by atoms with Crippen LogP contribution >= 0.6 is 0 Å². The number of benzene rings is 1. The summed E-state index contributed by atoms with van der Waals surface area (Å²) in [5, 5.41) is 19.5. The van der Waals surface area contributed by atoms with Crippen molar-refractivity contribution in [3.05, 3.63) is 54.5 Å². The van der Waals surface area contributed by atoms with Gasteiger partial charge in [0.15, 0.2) is 5.75 Å². The van der Waals surface area contributed by atoms with Crippen molar-refractivity contribution in [2.75, 3.05) is 0 Å². The molecule has 0 unspecified atom stereocenters. The molecule has 0 atom stereocenters. The van der Waals surface area contributed by atoms with Gasteiger partial charge in [0.2, 0.25) is 11.8 Å². The van der Waals surface area contributed by atoms with Crippen molar-refractivity contribution in [3.63, 3.8) is 0 Å². The van der Waals surface area contributed by atoms with Gasteiger partial charge in [-0.15, -0.1) is 0 Å². The largest absolute Gasteiger partial charge is 0.503 e. The van der Waals surface area contributed by atoms with Crippen LogP contribution in [0.25, 0.3) is 11.3 Å². The van der Waals surface area contributed by atoms with Crippen molar-refractivity contribution in [3.8, 4) is 28.8 Å². The van der Waals surface area contributed by atoms with E-state index in [0.717, 1.165) is 5.56 Å². The second-order valence-corrected chi connectivity index (χ2v) is 4.84. The molecule has 2 N–H and O–H groups in total. The molecule has 0 bridgehead atoms. The zero-order valence-electron chi connectivity index (χ0n) is 12.0. The van der Waals surface area contributed by atoms with E-state index >= 15 is 0 Å². The van der Waals surface area contributed by atoms with Crippen molar-refractivity contribution in [2.45, 2.75) is 6.61 Å². The van der Waals surface area contributed by atoms with Crippen LogP contribution in [0.4, 0.5) is 0 Å². The van der Waals surface area contributed by atoms with E-state index in [4.69, 9.17) is 4.74 Å². The molecule has 112 valence electrons. The summed E-state index contributed by atoms with van der Waals surface area (Å²) in [6.07, 6.45) is 2.95. The van der Waals surface area contributed by atoms with Gasteiger partial charge in [-0.25, -0.2) is 9.97 Å². The monoisotopic (exact) mass is 297 g/mol. The van der Waals surface area contributed by atoms with Crippen LogP contribution < -0.4 is 4.74 Å². The smallest absolute Gasteiger partial charge is 0.235 e.